The number of unbranched alkanes of at least 4 members (excludes halogenated alkanes) is 3. The largest absolute Gasteiger partial charge is 0.283 e. The lowest BCUT2D eigenvalue weighted by Crippen LogP contribution is -1.90. The highest BCUT2D eigenvalue weighted by molar-refractivity contribution is 5.76. The van der Waals surface area contributed by atoms with Crippen LogP contribution in [0.2, 0.25) is 0 Å². The molecule has 0 bridgehead atoms. The highest BCUT2D eigenvalue weighted by Gasteiger charge is 2.02. The maximum absolute atomic E-state index is 10.7. The molecule has 0 atom stereocenters. The maximum atomic E-state index is 10.7. The summed E-state index contributed by atoms with van der Waals surface area (Å²) in [6, 6.07) is 12.2. The van der Waals surface area contributed by atoms with Crippen LogP contribution in [0.25, 0.3) is 11.1 Å². The van der Waals surface area contributed by atoms with Crippen LogP contribution in [-0.2, 0) is 11.2 Å². The van der Waals surface area contributed by atoms with Crippen molar-refractivity contribution in [2.24, 2.45) is 0 Å². The minimum Gasteiger partial charge on any atom is -0.283 e. The molecule has 0 aliphatic heterocycles. The van der Waals surface area contributed by atoms with Crippen LogP contribution in [0.3, 0.4) is 0 Å². The van der Waals surface area contributed by atoms with Crippen molar-refractivity contribution in [1.82, 2.24) is 4.98 Å². The van der Waals surface area contributed by atoms with Gasteiger partial charge in [0.2, 0.25) is 0 Å². The summed E-state index contributed by atoms with van der Waals surface area (Å²) < 4.78 is 0. The highest BCUT2D eigenvalue weighted by Crippen LogP contribution is 2.21. The van der Waals surface area contributed by atoms with Gasteiger partial charge in [-0.05, 0) is 41.7 Å². The monoisotopic (exact) mass is 266 g/mol. The molecule has 2 heteroatoms. The van der Waals surface area contributed by atoms with Gasteiger partial charge in [0.1, 0.15) is 5.69 Å². The molecule has 103 valence electrons. The molecule has 0 saturated heterocycles. The third-order valence-corrected chi connectivity index (χ3v) is 3.44. The molecule has 0 aliphatic rings. The van der Waals surface area contributed by atoms with Crippen LogP contribution >= 0.6 is 0 Å². The lowest BCUT2D eigenvalue weighted by Gasteiger charge is -2.06. The zero-order chi connectivity index (χ0) is 14.2. The highest BCUT2D eigenvalue weighted by atomic mass is 16.1. The van der Waals surface area contributed by atoms with Crippen molar-refractivity contribution in [1.29, 1.82) is 0 Å². The van der Waals surface area contributed by atoms with Gasteiger partial charge in [-0.2, -0.15) is 0 Å². The van der Waals surface area contributed by atoms with E-state index in [-0.39, 0.29) is 0 Å². The number of hydrogen-bond donors (Lipinski definition) is 0. The fourth-order valence-corrected chi connectivity index (χ4v) is 2.33. The number of aryl methyl sites for hydroxylation is 1. The first-order valence-electron chi connectivity index (χ1n) is 7.27. The smallest absolute Gasteiger partial charge is 0.253 e. The van der Waals surface area contributed by atoms with E-state index in [9.17, 15) is 4.79 Å². The average molecular weight is 266 g/mol. The molecule has 0 N–H and O–H groups in total. The van der Waals surface area contributed by atoms with Crippen molar-refractivity contribution in [2.45, 2.75) is 39.0 Å². The van der Waals surface area contributed by atoms with Gasteiger partial charge in [0.15, 0.2) is 0 Å². The molecule has 0 fully saturated rings. The Morgan fingerprint density at radius 1 is 1.05 bits per heavy atom. The Hall–Kier alpha value is -1.96. The van der Waals surface area contributed by atoms with E-state index in [0.29, 0.717) is 5.69 Å². The lowest BCUT2D eigenvalue weighted by molar-refractivity contribution is 0.561. The summed E-state index contributed by atoms with van der Waals surface area (Å²) >= 11 is 0. The summed E-state index contributed by atoms with van der Waals surface area (Å²) in [7, 11) is 0. The number of nitrogens with zero attached hydrogens (tertiary/aromatic N) is 1. The van der Waals surface area contributed by atoms with E-state index in [4.69, 9.17) is 0 Å². The van der Waals surface area contributed by atoms with E-state index in [1.165, 1.54) is 31.2 Å². The van der Waals surface area contributed by atoms with E-state index < -0.39 is 0 Å². The Kier molecular flexibility index (Phi) is 5.48. The van der Waals surface area contributed by atoms with E-state index >= 15 is 0 Å². The van der Waals surface area contributed by atoms with Crippen molar-refractivity contribution < 1.29 is 4.79 Å². The van der Waals surface area contributed by atoms with E-state index in [1.807, 2.05) is 12.4 Å². The topological polar surface area (TPSA) is 30.0 Å². The Balaban J connectivity index is 2.10. The number of carbonyl (C=O) groups excluding carboxylic acids is 1. The summed E-state index contributed by atoms with van der Waals surface area (Å²) in [5.74, 6) is 0. The second-order valence-electron chi connectivity index (χ2n) is 5.04. The first-order valence-corrected chi connectivity index (χ1v) is 7.27. The molecule has 1 radical (unpaired) electrons. The molecule has 0 unspecified atom stereocenters. The molecule has 1 aromatic heterocycles. The first kappa shape index (κ1) is 14.4. The molecule has 1 aromatic carbocycles. The first-order chi connectivity index (χ1) is 9.83. The summed E-state index contributed by atoms with van der Waals surface area (Å²) in [6.45, 7) is 2.23. The standard InChI is InChI=1S/C18H20NO/c1-2-3-4-5-7-15-8-6-9-16(12-15)17-10-11-19-18(13-17)14-20/h6,8-13H,2-5,7H2,1H3. The van der Waals surface area contributed by atoms with E-state index in [2.05, 4.69) is 36.2 Å². The van der Waals surface area contributed by atoms with Crippen LogP contribution in [0, 0.1) is 0 Å². The van der Waals surface area contributed by atoms with Gasteiger partial charge in [0, 0.05) is 6.20 Å². The molecular formula is C18H20NO. The van der Waals surface area contributed by atoms with Gasteiger partial charge in [0.05, 0.1) is 0 Å². The SMILES string of the molecule is CCCCCCc1cccc(-c2ccnc([C]=O)c2)c1. The molecule has 0 saturated carbocycles. The van der Waals surface area contributed by atoms with E-state index in [1.54, 1.807) is 12.3 Å². The Morgan fingerprint density at radius 3 is 2.70 bits per heavy atom. The van der Waals surface area contributed by atoms with Gasteiger partial charge in [-0.1, -0.05) is 50.5 Å². The van der Waals surface area contributed by atoms with Gasteiger partial charge < -0.3 is 0 Å². The fourth-order valence-electron chi connectivity index (χ4n) is 2.33. The minimum atomic E-state index is 0.357. The third-order valence-electron chi connectivity index (χ3n) is 3.44. The van der Waals surface area contributed by atoms with Gasteiger partial charge >= 0.3 is 0 Å². The van der Waals surface area contributed by atoms with Crippen molar-refractivity contribution >= 4 is 6.29 Å². The Labute approximate surface area is 120 Å². The quantitative estimate of drug-likeness (QED) is 0.698. The van der Waals surface area contributed by atoms with Gasteiger partial charge in [-0.3, -0.25) is 9.78 Å². The molecule has 2 rings (SSSR count). The number of rotatable bonds is 7. The summed E-state index contributed by atoms with van der Waals surface area (Å²) in [5.41, 5.74) is 3.87. The Bertz CT molecular complexity index is 563. The summed E-state index contributed by atoms with van der Waals surface area (Å²) in [5, 5.41) is 0. The van der Waals surface area contributed by atoms with Gasteiger partial charge in [0.25, 0.3) is 6.29 Å². The number of pyridine rings is 1. The molecule has 0 spiro atoms. The molecule has 2 nitrogen and oxygen atoms in total. The predicted molar refractivity (Wildman–Crippen MR) is 82.3 cm³/mol. The Morgan fingerprint density at radius 2 is 1.90 bits per heavy atom. The second-order valence-corrected chi connectivity index (χ2v) is 5.04. The van der Waals surface area contributed by atoms with E-state index in [0.717, 1.165) is 17.5 Å². The molecule has 20 heavy (non-hydrogen) atoms. The zero-order valence-electron chi connectivity index (χ0n) is 11.9. The maximum Gasteiger partial charge on any atom is 0.253 e. The van der Waals surface area contributed by atoms with Crippen LogP contribution in [0.4, 0.5) is 0 Å². The molecule has 1 heterocycles. The van der Waals surface area contributed by atoms with Crippen molar-refractivity contribution in [3.8, 4) is 11.1 Å². The van der Waals surface area contributed by atoms with Crippen molar-refractivity contribution in [3.05, 3.63) is 53.9 Å². The lowest BCUT2D eigenvalue weighted by atomic mass is 10.00. The van der Waals surface area contributed by atoms with Crippen molar-refractivity contribution in [2.75, 3.05) is 0 Å². The van der Waals surface area contributed by atoms with Crippen LogP contribution in [-0.4, -0.2) is 11.3 Å². The zero-order valence-corrected chi connectivity index (χ0v) is 11.9. The average Bonchev–Trinajstić information content (AvgIpc) is 2.52. The van der Waals surface area contributed by atoms with Crippen LogP contribution < -0.4 is 0 Å². The number of benzene rings is 1. The summed E-state index contributed by atoms with van der Waals surface area (Å²) in [6.07, 6.45) is 9.71. The minimum absolute atomic E-state index is 0.357. The van der Waals surface area contributed by atoms with Crippen molar-refractivity contribution in [3.63, 3.8) is 0 Å². The normalized spacial score (nSPS) is 10.4. The van der Waals surface area contributed by atoms with Gasteiger partial charge in [-0.15, -0.1) is 0 Å². The molecular weight excluding hydrogens is 246 g/mol. The molecule has 0 amide bonds. The van der Waals surface area contributed by atoms with Crippen LogP contribution in [0.5, 0.6) is 0 Å². The summed E-state index contributed by atoms with van der Waals surface area (Å²) in [4.78, 5) is 14.6. The third kappa shape index (κ3) is 4.02. The number of aromatic nitrogens is 1. The van der Waals surface area contributed by atoms with Crippen LogP contribution in [0.15, 0.2) is 42.6 Å². The van der Waals surface area contributed by atoms with Crippen LogP contribution in [0.1, 0.15) is 43.9 Å². The molecule has 2 aromatic rings. The fraction of sp³-hybridized carbons (Fsp3) is 0.333. The predicted octanol–water partition coefficient (Wildman–Crippen LogP) is 4.33. The van der Waals surface area contributed by atoms with Gasteiger partial charge in [-0.25, -0.2) is 0 Å². The second kappa shape index (κ2) is 7.59. The molecule has 0 aliphatic carbocycles. The number of hydrogen-bond acceptors (Lipinski definition) is 2.